The standard InChI is InChI=1S/C14H22BrN3O2S/c1-14(2,3)20-13(19)18-5-6-21-12-10(16)7-9(15)8-11(12)17-4/h7-8,17H,5-6,16H2,1-4H3,(H,18,19). The third kappa shape index (κ3) is 6.48. The molecule has 0 radical (unpaired) electrons. The maximum Gasteiger partial charge on any atom is 0.407 e. The van der Waals surface area contributed by atoms with Crippen LogP contribution in [0.5, 0.6) is 0 Å². The molecule has 1 aromatic rings. The van der Waals surface area contributed by atoms with Crippen molar-refractivity contribution in [3.63, 3.8) is 0 Å². The smallest absolute Gasteiger partial charge is 0.407 e. The van der Waals surface area contributed by atoms with E-state index in [1.165, 1.54) is 0 Å². The van der Waals surface area contributed by atoms with E-state index in [-0.39, 0.29) is 0 Å². The topological polar surface area (TPSA) is 76.4 Å². The van der Waals surface area contributed by atoms with Gasteiger partial charge in [0, 0.05) is 29.5 Å². The van der Waals surface area contributed by atoms with Crippen LogP contribution in [0.25, 0.3) is 0 Å². The number of nitrogens with two attached hydrogens (primary N) is 1. The fourth-order valence-corrected chi connectivity index (χ4v) is 3.01. The molecule has 118 valence electrons. The van der Waals surface area contributed by atoms with Gasteiger partial charge in [-0.25, -0.2) is 4.79 Å². The van der Waals surface area contributed by atoms with Crippen LogP contribution < -0.4 is 16.4 Å². The van der Waals surface area contributed by atoms with E-state index in [2.05, 4.69) is 26.6 Å². The molecule has 1 amide bonds. The van der Waals surface area contributed by atoms with Crippen LogP contribution in [0.15, 0.2) is 21.5 Å². The molecule has 0 aromatic heterocycles. The number of alkyl carbamates (subject to hydrolysis) is 1. The molecule has 5 nitrogen and oxygen atoms in total. The lowest BCUT2D eigenvalue weighted by atomic mass is 10.2. The second-order valence-corrected chi connectivity index (χ2v) is 7.42. The molecule has 21 heavy (non-hydrogen) atoms. The van der Waals surface area contributed by atoms with E-state index in [1.807, 2.05) is 40.0 Å². The Hall–Kier alpha value is -1.08. The normalized spacial score (nSPS) is 11.1. The van der Waals surface area contributed by atoms with E-state index in [1.54, 1.807) is 11.8 Å². The van der Waals surface area contributed by atoms with Crippen molar-refractivity contribution in [1.29, 1.82) is 0 Å². The lowest BCUT2D eigenvalue weighted by Crippen LogP contribution is -2.33. The molecule has 0 fully saturated rings. The number of carbonyl (C=O) groups excluding carboxylic acids is 1. The fraction of sp³-hybridized carbons (Fsp3) is 0.500. The molecule has 0 aliphatic heterocycles. The van der Waals surface area contributed by atoms with E-state index >= 15 is 0 Å². The molecule has 0 bridgehead atoms. The number of benzene rings is 1. The molecular weight excluding hydrogens is 354 g/mol. The van der Waals surface area contributed by atoms with Crippen molar-refractivity contribution in [3.05, 3.63) is 16.6 Å². The molecule has 4 N–H and O–H groups in total. The van der Waals surface area contributed by atoms with Crippen LogP contribution in [0.1, 0.15) is 20.8 Å². The number of ether oxygens (including phenoxy) is 1. The van der Waals surface area contributed by atoms with Crippen LogP contribution in [0.2, 0.25) is 0 Å². The van der Waals surface area contributed by atoms with Crippen molar-refractivity contribution in [2.45, 2.75) is 31.3 Å². The highest BCUT2D eigenvalue weighted by molar-refractivity contribution is 9.10. The minimum absolute atomic E-state index is 0.402. The number of rotatable bonds is 5. The molecule has 0 unspecified atom stereocenters. The molecule has 7 heteroatoms. The maximum atomic E-state index is 11.5. The summed E-state index contributed by atoms with van der Waals surface area (Å²) in [6, 6.07) is 3.84. The Balaban J connectivity index is 2.48. The van der Waals surface area contributed by atoms with Gasteiger partial charge in [-0.2, -0.15) is 0 Å². The van der Waals surface area contributed by atoms with Gasteiger partial charge in [-0.1, -0.05) is 15.9 Å². The summed E-state index contributed by atoms with van der Waals surface area (Å²) < 4.78 is 6.10. The van der Waals surface area contributed by atoms with Crippen LogP contribution in [0.3, 0.4) is 0 Å². The average molecular weight is 376 g/mol. The van der Waals surface area contributed by atoms with Crippen LogP contribution in [-0.4, -0.2) is 31.0 Å². The molecule has 0 aliphatic rings. The van der Waals surface area contributed by atoms with E-state index in [0.717, 1.165) is 15.1 Å². The van der Waals surface area contributed by atoms with Crippen molar-refractivity contribution in [1.82, 2.24) is 5.32 Å². The van der Waals surface area contributed by atoms with E-state index in [4.69, 9.17) is 10.5 Å². The number of hydrogen-bond acceptors (Lipinski definition) is 5. The van der Waals surface area contributed by atoms with E-state index in [0.29, 0.717) is 18.0 Å². The van der Waals surface area contributed by atoms with E-state index < -0.39 is 11.7 Å². The number of halogens is 1. The molecule has 0 atom stereocenters. The van der Waals surface area contributed by atoms with Gasteiger partial charge >= 0.3 is 6.09 Å². The zero-order valence-corrected chi connectivity index (χ0v) is 15.2. The largest absolute Gasteiger partial charge is 0.444 e. The number of thioether (sulfide) groups is 1. The Labute approximate surface area is 138 Å². The van der Waals surface area contributed by atoms with Gasteiger partial charge in [0.05, 0.1) is 10.6 Å². The third-order valence-corrected chi connectivity index (χ3v) is 3.98. The number of carbonyl (C=O) groups is 1. The molecule has 1 aromatic carbocycles. The average Bonchev–Trinajstić information content (AvgIpc) is 2.33. The first-order chi connectivity index (χ1) is 9.73. The fourth-order valence-electron chi connectivity index (χ4n) is 1.58. The highest BCUT2D eigenvalue weighted by Gasteiger charge is 2.15. The summed E-state index contributed by atoms with van der Waals surface area (Å²) in [7, 11) is 1.85. The minimum Gasteiger partial charge on any atom is -0.444 e. The molecule has 0 saturated carbocycles. The SMILES string of the molecule is CNc1cc(Br)cc(N)c1SCCNC(=O)OC(C)(C)C. The second kappa shape index (κ2) is 7.79. The van der Waals surface area contributed by atoms with Gasteiger partial charge < -0.3 is 21.1 Å². The van der Waals surface area contributed by atoms with Crippen molar-refractivity contribution < 1.29 is 9.53 Å². The predicted octanol–water partition coefficient (Wildman–Crippen LogP) is 3.69. The summed E-state index contributed by atoms with van der Waals surface area (Å²) in [5, 5.41) is 5.84. The Kier molecular flexibility index (Phi) is 6.67. The summed E-state index contributed by atoms with van der Waals surface area (Å²) in [4.78, 5) is 12.5. The van der Waals surface area contributed by atoms with Gasteiger partial charge in [0.15, 0.2) is 0 Å². The molecule has 0 aliphatic carbocycles. The zero-order chi connectivity index (χ0) is 16.0. The first-order valence-electron chi connectivity index (χ1n) is 6.59. The van der Waals surface area contributed by atoms with Crippen molar-refractivity contribution in [3.8, 4) is 0 Å². The van der Waals surface area contributed by atoms with E-state index in [9.17, 15) is 4.79 Å². The Morgan fingerprint density at radius 2 is 2.10 bits per heavy atom. The van der Waals surface area contributed by atoms with Crippen LogP contribution >= 0.6 is 27.7 Å². The zero-order valence-electron chi connectivity index (χ0n) is 12.7. The monoisotopic (exact) mass is 375 g/mol. The summed E-state index contributed by atoms with van der Waals surface area (Å²) in [5.74, 6) is 0.708. The number of hydrogen-bond donors (Lipinski definition) is 3. The van der Waals surface area contributed by atoms with Gasteiger partial charge in [-0.15, -0.1) is 11.8 Å². The molecule has 0 spiro atoms. The highest BCUT2D eigenvalue weighted by atomic mass is 79.9. The Bertz CT molecular complexity index is 504. The summed E-state index contributed by atoms with van der Waals surface area (Å²) in [6.45, 7) is 6.02. The molecule has 0 saturated heterocycles. The first kappa shape index (κ1) is 18.0. The van der Waals surface area contributed by atoms with Crippen molar-refractivity contribution >= 4 is 45.2 Å². The summed E-state index contributed by atoms with van der Waals surface area (Å²) in [5.41, 5.74) is 7.21. The Morgan fingerprint density at radius 1 is 1.43 bits per heavy atom. The number of nitrogens with one attached hydrogen (secondary N) is 2. The van der Waals surface area contributed by atoms with Crippen molar-refractivity contribution in [2.75, 3.05) is 30.4 Å². The lowest BCUT2D eigenvalue weighted by molar-refractivity contribution is 0.0531. The Morgan fingerprint density at radius 3 is 2.67 bits per heavy atom. The summed E-state index contributed by atoms with van der Waals surface area (Å²) >= 11 is 5.00. The van der Waals surface area contributed by atoms with Gasteiger partial charge in [-0.05, 0) is 32.9 Å². The van der Waals surface area contributed by atoms with Gasteiger partial charge in [0.2, 0.25) is 0 Å². The van der Waals surface area contributed by atoms with Crippen LogP contribution in [0, 0.1) is 0 Å². The minimum atomic E-state index is -0.480. The van der Waals surface area contributed by atoms with Crippen molar-refractivity contribution in [2.24, 2.45) is 0 Å². The predicted molar refractivity (Wildman–Crippen MR) is 93.1 cm³/mol. The molecule has 1 rings (SSSR count). The third-order valence-electron chi connectivity index (χ3n) is 2.37. The quantitative estimate of drug-likeness (QED) is 0.415. The van der Waals surface area contributed by atoms with Gasteiger partial charge in [-0.3, -0.25) is 0 Å². The highest BCUT2D eigenvalue weighted by Crippen LogP contribution is 2.35. The number of nitrogen functional groups attached to an aromatic ring is 1. The molecule has 0 heterocycles. The first-order valence-corrected chi connectivity index (χ1v) is 8.37. The van der Waals surface area contributed by atoms with Crippen LogP contribution in [-0.2, 0) is 4.74 Å². The van der Waals surface area contributed by atoms with Gasteiger partial charge in [0.25, 0.3) is 0 Å². The second-order valence-electron chi connectivity index (χ2n) is 5.40. The number of anilines is 2. The number of amides is 1. The lowest BCUT2D eigenvalue weighted by Gasteiger charge is -2.19. The van der Waals surface area contributed by atoms with Gasteiger partial charge in [0.1, 0.15) is 5.60 Å². The maximum absolute atomic E-state index is 11.5. The van der Waals surface area contributed by atoms with Crippen LogP contribution in [0.4, 0.5) is 16.2 Å². The summed E-state index contributed by atoms with van der Waals surface area (Å²) in [6.07, 6.45) is -0.402. The molecular formula is C14H22BrN3O2S.